The van der Waals surface area contributed by atoms with E-state index in [0.29, 0.717) is 11.1 Å². The molecule has 2 aromatic heterocycles. The Labute approximate surface area is 231 Å². The van der Waals surface area contributed by atoms with Crippen LogP contribution in [0.15, 0.2) is 71.9 Å². The van der Waals surface area contributed by atoms with E-state index in [9.17, 15) is 13.2 Å². The number of unbranched alkanes of at least 4 members (excludes halogenated alkanes) is 1. The number of benzene rings is 1. The van der Waals surface area contributed by atoms with Gasteiger partial charge in [0.2, 0.25) is 10.0 Å². The number of nitrogens with one attached hydrogen (secondary N) is 1. The number of anilines is 1. The van der Waals surface area contributed by atoms with Crippen molar-refractivity contribution in [2.24, 2.45) is 0 Å². The van der Waals surface area contributed by atoms with Crippen LogP contribution in [-0.2, 0) is 33.3 Å². The summed E-state index contributed by atoms with van der Waals surface area (Å²) < 4.78 is 34.1. The monoisotopic (exact) mass is 550 g/mol. The lowest BCUT2D eigenvalue weighted by Crippen LogP contribution is -2.31. The van der Waals surface area contributed by atoms with Gasteiger partial charge in [-0.05, 0) is 80.8 Å². The molecule has 1 aliphatic rings. The van der Waals surface area contributed by atoms with Crippen molar-refractivity contribution in [3.8, 4) is 0 Å². The first-order valence-electron chi connectivity index (χ1n) is 13.5. The molecule has 3 aromatic rings. The first kappa shape index (κ1) is 28.7. The number of amides is 1. The van der Waals surface area contributed by atoms with Gasteiger partial charge in [-0.1, -0.05) is 50.1 Å². The third-order valence-electron chi connectivity index (χ3n) is 6.83. The molecule has 0 unspecified atom stereocenters. The van der Waals surface area contributed by atoms with Gasteiger partial charge < -0.3 is 4.74 Å². The Morgan fingerprint density at radius 2 is 1.79 bits per heavy atom. The molecule has 39 heavy (non-hydrogen) atoms. The normalized spacial score (nSPS) is 14.7. The van der Waals surface area contributed by atoms with Crippen LogP contribution in [0.4, 0.5) is 10.6 Å². The van der Waals surface area contributed by atoms with E-state index < -0.39 is 21.7 Å². The minimum atomic E-state index is -3.88. The summed E-state index contributed by atoms with van der Waals surface area (Å²) in [5.41, 5.74) is 2.36. The molecule has 4 rings (SSSR count). The van der Waals surface area contributed by atoms with Crippen LogP contribution in [0.25, 0.3) is 0 Å². The van der Waals surface area contributed by atoms with Gasteiger partial charge in [0.15, 0.2) is 0 Å². The second kappa shape index (κ2) is 11.8. The second-order valence-corrected chi connectivity index (χ2v) is 13.1. The number of rotatable bonds is 11. The van der Waals surface area contributed by atoms with Crippen LogP contribution >= 0.6 is 0 Å². The lowest BCUT2D eigenvalue weighted by Gasteiger charge is -2.23. The van der Waals surface area contributed by atoms with Gasteiger partial charge >= 0.3 is 6.09 Å². The number of carbonyl (C=O) groups is 1. The molecule has 1 N–H and O–H groups in total. The highest BCUT2D eigenvalue weighted by Gasteiger charge is 2.43. The molecule has 0 atom stereocenters. The Morgan fingerprint density at radius 3 is 2.41 bits per heavy atom. The molecule has 1 fully saturated rings. The number of hydrogen-bond acceptors (Lipinski definition) is 6. The summed E-state index contributed by atoms with van der Waals surface area (Å²) in [5, 5.41) is 2.62. The van der Waals surface area contributed by atoms with Crippen LogP contribution < -0.4 is 5.32 Å². The highest BCUT2D eigenvalue weighted by atomic mass is 32.2. The maximum Gasteiger partial charge on any atom is 0.413 e. The predicted octanol–water partition coefficient (Wildman–Crippen LogP) is 6.44. The number of ether oxygens (including phenoxy) is 1. The highest BCUT2D eigenvalue weighted by molar-refractivity contribution is 7.89. The van der Waals surface area contributed by atoms with Gasteiger partial charge in [-0.3, -0.25) is 10.3 Å². The van der Waals surface area contributed by atoms with Crippen LogP contribution in [0, 0.1) is 0 Å². The number of pyridine rings is 2. The highest BCUT2D eigenvalue weighted by Crippen LogP contribution is 2.52. The molecular weight excluding hydrogens is 512 g/mol. The number of aromatic nitrogens is 2. The summed E-state index contributed by atoms with van der Waals surface area (Å²) in [6.45, 7) is 7.74. The average Bonchev–Trinajstić information content (AvgIpc) is 3.68. The summed E-state index contributed by atoms with van der Waals surface area (Å²) in [6.07, 6.45) is 8.30. The lowest BCUT2D eigenvalue weighted by molar-refractivity contribution is 0.0635. The maximum absolute atomic E-state index is 13.7. The molecule has 208 valence electrons. The van der Waals surface area contributed by atoms with Crippen LogP contribution in [0.5, 0.6) is 0 Å². The first-order valence-corrected chi connectivity index (χ1v) is 14.9. The minimum absolute atomic E-state index is 0.0171. The van der Waals surface area contributed by atoms with Crippen molar-refractivity contribution in [3.05, 3.63) is 83.8 Å². The largest absolute Gasteiger partial charge is 0.444 e. The smallest absolute Gasteiger partial charge is 0.413 e. The number of nitrogens with zero attached hydrogens (tertiary/aromatic N) is 3. The van der Waals surface area contributed by atoms with Gasteiger partial charge in [-0.2, -0.15) is 4.31 Å². The molecule has 1 aliphatic carbocycles. The molecule has 0 spiro atoms. The third kappa shape index (κ3) is 7.64. The molecule has 8 nitrogen and oxygen atoms in total. The Morgan fingerprint density at radius 1 is 1.05 bits per heavy atom. The predicted molar refractivity (Wildman–Crippen MR) is 152 cm³/mol. The minimum Gasteiger partial charge on any atom is -0.444 e. The summed E-state index contributed by atoms with van der Waals surface area (Å²) in [5.74, 6) is 0.284. The Hall–Kier alpha value is -3.30. The second-order valence-electron chi connectivity index (χ2n) is 11.2. The van der Waals surface area contributed by atoms with Crippen molar-refractivity contribution in [1.82, 2.24) is 14.3 Å². The van der Waals surface area contributed by atoms with Gasteiger partial charge in [0.05, 0.1) is 12.2 Å². The molecule has 2 heterocycles. The van der Waals surface area contributed by atoms with E-state index in [1.807, 2.05) is 12.1 Å². The number of hydrogen-bond donors (Lipinski definition) is 1. The van der Waals surface area contributed by atoms with E-state index >= 15 is 0 Å². The van der Waals surface area contributed by atoms with Crippen molar-refractivity contribution in [3.63, 3.8) is 0 Å². The summed E-state index contributed by atoms with van der Waals surface area (Å²) in [4.78, 5) is 20.8. The van der Waals surface area contributed by atoms with Gasteiger partial charge in [-0.25, -0.2) is 18.2 Å². The van der Waals surface area contributed by atoms with Crippen LogP contribution in [0.2, 0.25) is 0 Å². The van der Waals surface area contributed by atoms with E-state index in [2.05, 4.69) is 34.3 Å². The van der Waals surface area contributed by atoms with Crippen LogP contribution in [-0.4, -0.2) is 34.4 Å². The fourth-order valence-electron chi connectivity index (χ4n) is 4.62. The van der Waals surface area contributed by atoms with Gasteiger partial charge in [-0.15, -0.1) is 0 Å². The summed E-state index contributed by atoms with van der Waals surface area (Å²) in [6, 6.07) is 16.6. The van der Waals surface area contributed by atoms with Gasteiger partial charge in [0, 0.05) is 18.9 Å². The number of sulfonamides is 1. The zero-order valence-corrected chi connectivity index (χ0v) is 24.0. The van der Waals surface area contributed by atoms with Gasteiger partial charge in [0.25, 0.3) is 0 Å². The van der Waals surface area contributed by atoms with Gasteiger partial charge in [0.1, 0.15) is 16.3 Å². The van der Waals surface area contributed by atoms with E-state index in [0.717, 1.165) is 5.56 Å². The zero-order chi connectivity index (χ0) is 28.1. The van der Waals surface area contributed by atoms with E-state index in [-0.39, 0.29) is 23.8 Å². The van der Waals surface area contributed by atoms with E-state index in [1.54, 1.807) is 51.2 Å². The Balaban J connectivity index is 1.56. The van der Waals surface area contributed by atoms with Crippen LogP contribution in [0.1, 0.15) is 76.6 Å². The van der Waals surface area contributed by atoms with Crippen molar-refractivity contribution in [1.29, 1.82) is 0 Å². The fourth-order valence-corrected chi connectivity index (χ4v) is 5.98. The first-order chi connectivity index (χ1) is 18.5. The quantitative estimate of drug-likeness (QED) is 0.295. The summed E-state index contributed by atoms with van der Waals surface area (Å²) >= 11 is 0. The molecule has 0 radical (unpaired) electrons. The van der Waals surface area contributed by atoms with Crippen molar-refractivity contribution >= 4 is 21.9 Å². The van der Waals surface area contributed by atoms with Crippen LogP contribution in [0.3, 0.4) is 0 Å². The molecule has 1 aromatic carbocycles. The Bertz CT molecular complexity index is 1370. The molecule has 0 bridgehead atoms. The fraction of sp³-hybridized carbons (Fsp3) is 0.433. The van der Waals surface area contributed by atoms with Crippen molar-refractivity contribution in [2.45, 2.75) is 88.8 Å². The SMILES string of the molecule is CCCCC1(c2ccc(CN(Cc3cccc(NC(=O)OC(C)(C)C)n3)S(=O)(=O)c3cccnc3)cc2)CC1. The van der Waals surface area contributed by atoms with E-state index in [4.69, 9.17) is 4.74 Å². The van der Waals surface area contributed by atoms with E-state index in [1.165, 1.54) is 54.2 Å². The molecule has 0 saturated heterocycles. The van der Waals surface area contributed by atoms with Crippen molar-refractivity contribution < 1.29 is 17.9 Å². The number of carbonyl (C=O) groups excluding carboxylic acids is 1. The average molecular weight is 551 g/mol. The molecule has 0 aliphatic heterocycles. The molecule has 9 heteroatoms. The van der Waals surface area contributed by atoms with Crippen molar-refractivity contribution in [2.75, 3.05) is 5.32 Å². The standard InChI is InChI=1S/C30H38N4O4S/c1-5-6-16-30(17-18-30)24-14-12-23(13-15-24)21-34(39(36,37)26-10-8-19-31-20-26)22-25-9-7-11-27(32-25)33-28(35)38-29(2,3)4/h7-15,19-20H,5-6,16-18,21-22H2,1-4H3,(H,32,33,35). The third-order valence-corrected chi connectivity index (χ3v) is 8.61. The maximum atomic E-state index is 13.7. The molecule has 1 saturated carbocycles. The topological polar surface area (TPSA) is 101 Å². The summed E-state index contributed by atoms with van der Waals surface area (Å²) in [7, 11) is -3.88. The molecular formula is C30H38N4O4S. The molecule has 1 amide bonds. The Kier molecular flexibility index (Phi) is 8.71. The lowest BCUT2D eigenvalue weighted by atomic mass is 9.90. The zero-order valence-electron chi connectivity index (χ0n) is 23.2.